The van der Waals surface area contributed by atoms with Gasteiger partial charge in [0.2, 0.25) is 0 Å². The molecule has 3 heteroatoms. The summed E-state index contributed by atoms with van der Waals surface area (Å²) in [5.41, 5.74) is 4.65. The number of ether oxygens (including phenoxy) is 1. The van der Waals surface area contributed by atoms with Crippen LogP contribution in [0.15, 0.2) is 18.2 Å². The normalized spacial score (nSPS) is 22.7. The van der Waals surface area contributed by atoms with E-state index in [1.54, 1.807) is 0 Å². The monoisotopic (exact) mass is 353 g/mol. The van der Waals surface area contributed by atoms with Gasteiger partial charge in [0.25, 0.3) is 0 Å². The summed E-state index contributed by atoms with van der Waals surface area (Å²) in [5.74, 6) is 0.830. The maximum absolute atomic E-state index is 13.8. The molecule has 0 spiro atoms. The molecular formula is C23H31NO2. The summed E-state index contributed by atoms with van der Waals surface area (Å²) in [5, 5.41) is 1.17. The van der Waals surface area contributed by atoms with Gasteiger partial charge in [-0.3, -0.25) is 4.79 Å². The number of ketones is 1. The quantitative estimate of drug-likeness (QED) is 0.739. The average molecular weight is 354 g/mol. The highest BCUT2D eigenvalue weighted by Crippen LogP contribution is 2.69. The van der Waals surface area contributed by atoms with Gasteiger partial charge in [0.1, 0.15) is 0 Å². The van der Waals surface area contributed by atoms with Crippen molar-refractivity contribution in [2.45, 2.75) is 59.8 Å². The summed E-state index contributed by atoms with van der Waals surface area (Å²) in [7, 11) is 0. The lowest BCUT2D eigenvalue weighted by Gasteiger charge is -2.22. The van der Waals surface area contributed by atoms with Crippen LogP contribution in [0.5, 0.6) is 0 Å². The van der Waals surface area contributed by atoms with Crippen molar-refractivity contribution in [1.29, 1.82) is 0 Å². The Bertz CT molecular complexity index is 838. The first kappa shape index (κ1) is 17.8. The van der Waals surface area contributed by atoms with Gasteiger partial charge in [-0.05, 0) is 41.7 Å². The number of hydrogen-bond donors (Lipinski definition) is 1. The third-order valence-electron chi connectivity index (χ3n) is 7.48. The van der Waals surface area contributed by atoms with Gasteiger partial charge < -0.3 is 9.72 Å². The molecule has 0 bridgehead atoms. The molecule has 0 atom stereocenters. The minimum Gasteiger partial charge on any atom is -0.381 e. The Kier molecular flexibility index (Phi) is 4.07. The second kappa shape index (κ2) is 5.95. The fraction of sp³-hybridized carbons (Fsp3) is 0.609. The highest BCUT2D eigenvalue weighted by molar-refractivity contribution is 6.13. The zero-order valence-electron chi connectivity index (χ0n) is 16.7. The van der Waals surface area contributed by atoms with E-state index >= 15 is 0 Å². The molecule has 4 rings (SSSR count). The van der Waals surface area contributed by atoms with E-state index in [1.165, 1.54) is 10.9 Å². The zero-order valence-corrected chi connectivity index (χ0v) is 16.7. The Morgan fingerprint density at radius 3 is 2.38 bits per heavy atom. The van der Waals surface area contributed by atoms with Crippen molar-refractivity contribution in [2.24, 2.45) is 16.7 Å². The molecule has 1 aliphatic heterocycles. The number of hydrogen-bond acceptors (Lipinski definition) is 2. The largest absolute Gasteiger partial charge is 0.381 e. The number of nitrogens with one attached hydrogen (secondary N) is 1. The van der Waals surface area contributed by atoms with E-state index in [-0.39, 0.29) is 16.7 Å². The molecule has 3 nitrogen and oxygen atoms in total. The molecule has 0 unspecified atom stereocenters. The molecule has 26 heavy (non-hydrogen) atoms. The molecule has 2 heterocycles. The Morgan fingerprint density at radius 2 is 1.81 bits per heavy atom. The van der Waals surface area contributed by atoms with Crippen molar-refractivity contribution in [3.8, 4) is 0 Å². The van der Waals surface area contributed by atoms with Crippen LogP contribution in [0.4, 0.5) is 0 Å². The summed E-state index contributed by atoms with van der Waals surface area (Å²) >= 11 is 0. The lowest BCUT2D eigenvalue weighted by Crippen LogP contribution is -2.18. The fourth-order valence-corrected chi connectivity index (χ4v) is 5.18. The molecule has 1 saturated carbocycles. The van der Waals surface area contributed by atoms with Gasteiger partial charge in [-0.15, -0.1) is 0 Å². The van der Waals surface area contributed by atoms with Gasteiger partial charge in [0.05, 0.1) is 0 Å². The molecule has 1 aromatic carbocycles. The lowest BCUT2D eigenvalue weighted by atomic mass is 9.88. The molecule has 2 fully saturated rings. The van der Waals surface area contributed by atoms with Crippen molar-refractivity contribution in [3.05, 3.63) is 35.0 Å². The fourth-order valence-electron chi connectivity index (χ4n) is 5.18. The number of aromatic nitrogens is 1. The average Bonchev–Trinajstić information content (AvgIpc) is 2.92. The minimum absolute atomic E-state index is 0.0573. The van der Waals surface area contributed by atoms with Crippen LogP contribution in [-0.2, 0) is 11.2 Å². The number of H-pyrrole nitrogens is 1. The van der Waals surface area contributed by atoms with E-state index in [0.29, 0.717) is 11.7 Å². The van der Waals surface area contributed by atoms with E-state index in [0.717, 1.165) is 49.3 Å². The Morgan fingerprint density at radius 1 is 1.15 bits per heavy atom. The third kappa shape index (κ3) is 2.40. The van der Waals surface area contributed by atoms with Crippen LogP contribution >= 0.6 is 0 Å². The summed E-state index contributed by atoms with van der Waals surface area (Å²) in [6, 6.07) is 6.39. The number of benzene rings is 1. The molecule has 1 saturated heterocycles. The second-order valence-electron chi connectivity index (χ2n) is 9.23. The number of aromatic amines is 1. The minimum atomic E-state index is 0.0573. The number of rotatable bonds is 4. The lowest BCUT2D eigenvalue weighted by molar-refractivity contribution is 0.0834. The first-order valence-electron chi connectivity index (χ1n) is 10.1. The summed E-state index contributed by atoms with van der Waals surface area (Å²) < 4.78 is 5.57. The standard InChI is InChI=1S/C23H31NO2/c1-6-14-8-7-9-16-17(14)18(19(24-16)15-10-12-26-13-11-15)20(25)21-22(2,3)23(21,4)5/h7-9,15,21,24H,6,10-13H2,1-5H3. The van der Waals surface area contributed by atoms with Gasteiger partial charge >= 0.3 is 0 Å². The number of aryl methyl sites for hydroxylation is 1. The predicted molar refractivity (Wildman–Crippen MR) is 106 cm³/mol. The van der Waals surface area contributed by atoms with E-state index in [4.69, 9.17) is 4.74 Å². The topological polar surface area (TPSA) is 42.1 Å². The number of fused-ring (bicyclic) bond motifs is 1. The molecule has 140 valence electrons. The van der Waals surface area contributed by atoms with E-state index in [2.05, 4.69) is 57.8 Å². The zero-order chi connectivity index (χ0) is 18.7. The van der Waals surface area contributed by atoms with E-state index in [9.17, 15) is 4.79 Å². The third-order valence-corrected chi connectivity index (χ3v) is 7.48. The number of carbonyl (C=O) groups is 1. The smallest absolute Gasteiger partial charge is 0.169 e. The Hall–Kier alpha value is -1.61. The predicted octanol–water partition coefficient (Wildman–Crippen LogP) is 5.49. The molecule has 1 N–H and O–H groups in total. The van der Waals surface area contributed by atoms with E-state index in [1.807, 2.05) is 0 Å². The van der Waals surface area contributed by atoms with Crippen LogP contribution in [-0.4, -0.2) is 24.0 Å². The molecule has 0 radical (unpaired) electrons. The molecule has 2 aromatic rings. The molecule has 0 amide bonds. The molecule has 2 aliphatic rings. The highest BCUT2D eigenvalue weighted by atomic mass is 16.5. The summed E-state index contributed by atoms with van der Waals surface area (Å²) in [6.45, 7) is 12.7. The van der Waals surface area contributed by atoms with Crippen molar-refractivity contribution < 1.29 is 9.53 Å². The number of carbonyl (C=O) groups excluding carboxylic acids is 1. The van der Waals surface area contributed by atoms with Gasteiger partial charge in [-0.25, -0.2) is 0 Å². The van der Waals surface area contributed by atoms with Crippen LogP contribution in [0, 0.1) is 16.7 Å². The highest BCUT2D eigenvalue weighted by Gasteiger charge is 2.68. The van der Waals surface area contributed by atoms with Crippen molar-refractivity contribution in [3.63, 3.8) is 0 Å². The first-order chi connectivity index (χ1) is 12.3. The van der Waals surface area contributed by atoms with Gasteiger partial charge in [0.15, 0.2) is 5.78 Å². The van der Waals surface area contributed by atoms with Gasteiger partial charge in [0, 0.05) is 47.2 Å². The van der Waals surface area contributed by atoms with E-state index < -0.39 is 0 Å². The van der Waals surface area contributed by atoms with Gasteiger partial charge in [-0.1, -0.05) is 46.8 Å². The first-order valence-corrected chi connectivity index (χ1v) is 10.1. The molecule has 1 aromatic heterocycles. The maximum atomic E-state index is 13.8. The van der Waals surface area contributed by atoms with Crippen molar-refractivity contribution in [1.82, 2.24) is 4.98 Å². The summed E-state index contributed by atoms with van der Waals surface area (Å²) in [6.07, 6.45) is 2.93. The molecule has 1 aliphatic carbocycles. The number of Topliss-reactive ketones (excluding diaryl/α,β-unsaturated/α-hetero) is 1. The van der Waals surface area contributed by atoms with Crippen LogP contribution in [0.2, 0.25) is 0 Å². The van der Waals surface area contributed by atoms with Crippen LogP contribution in [0.3, 0.4) is 0 Å². The van der Waals surface area contributed by atoms with Gasteiger partial charge in [-0.2, -0.15) is 0 Å². The Labute approximate surface area is 156 Å². The maximum Gasteiger partial charge on any atom is 0.169 e. The molecular weight excluding hydrogens is 322 g/mol. The Balaban J connectivity index is 1.89. The van der Waals surface area contributed by atoms with Crippen molar-refractivity contribution >= 4 is 16.7 Å². The van der Waals surface area contributed by atoms with Crippen LogP contribution < -0.4 is 0 Å². The second-order valence-corrected chi connectivity index (χ2v) is 9.23. The van der Waals surface area contributed by atoms with Crippen LogP contribution in [0.25, 0.3) is 10.9 Å². The summed E-state index contributed by atoms with van der Waals surface area (Å²) in [4.78, 5) is 17.4. The van der Waals surface area contributed by atoms with Crippen molar-refractivity contribution in [2.75, 3.05) is 13.2 Å². The van der Waals surface area contributed by atoms with Crippen LogP contribution in [0.1, 0.15) is 75.0 Å². The SMILES string of the molecule is CCc1cccc2[nH]c(C3CCOCC3)c(C(=O)C3C(C)(C)C3(C)C)c12.